The van der Waals surface area contributed by atoms with Crippen molar-refractivity contribution < 1.29 is 4.74 Å². The molecule has 1 aromatic carbocycles. The van der Waals surface area contributed by atoms with E-state index in [1.165, 1.54) is 12.8 Å². The summed E-state index contributed by atoms with van der Waals surface area (Å²) in [6.45, 7) is 3.75. The lowest BCUT2D eigenvalue weighted by Gasteiger charge is -2.39. The second kappa shape index (κ2) is 5.11. The zero-order valence-electron chi connectivity index (χ0n) is 12.0. The zero-order valence-corrected chi connectivity index (χ0v) is 12.0. The number of ether oxygens (including phenoxy) is 1. The summed E-state index contributed by atoms with van der Waals surface area (Å²) in [5.41, 5.74) is 1.30. The fraction of sp³-hybridized carbons (Fsp3) is 0.533. The summed E-state index contributed by atoms with van der Waals surface area (Å²) in [7, 11) is 0. The van der Waals surface area contributed by atoms with Gasteiger partial charge in [-0.2, -0.15) is 4.68 Å². The number of tetrazole rings is 1. The third-order valence-corrected chi connectivity index (χ3v) is 4.58. The molecule has 0 saturated carbocycles. The molecule has 0 aliphatic carbocycles. The number of para-hydroxylation sites is 1. The molecule has 110 valence electrons. The van der Waals surface area contributed by atoms with Crippen LogP contribution < -0.4 is 4.90 Å². The minimum Gasteiger partial charge on any atom is -0.381 e. The van der Waals surface area contributed by atoms with E-state index in [0.717, 1.165) is 44.4 Å². The lowest BCUT2D eigenvalue weighted by molar-refractivity contribution is 0.139. The lowest BCUT2D eigenvalue weighted by Crippen LogP contribution is -2.44. The van der Waals surface area contributed by atoms with Gasteiger partial charge in [0.1, 0.15) is 0 Å². The number of hydrogen-bond donors (Lipinski definition) is 0. The second-order valence-electron chi connectivity index (χ2n) is 6.05. The molecule has 6 heteroatoms. The van der Waals surface area contributed by atoms with Gasteiger partial charge in [-0.25, -0.2) is 0 Å². The summed E-state index contributed by atoms with van der Waals surface area (Å²) in [6, 6.07) is 10.1. The Hall–Kier alpha value is -1.95. The molecule has 1 aromatic heterocycles. The van der Waals surface area contributed by atoms with Crippen molar-refractivity contribution in [3.05, 3.63) is 30.3 Å². The first-order valence-electron chi connectivity index (χ1n) is 7.53. The summed E-state index contributed by atoms with van der Waals surface area (Å²) in [5.74, 6) is 0.840. The molecule has 3 heterocycles. The van der Waals surface area contributed by atoms with Gasteiger partial charge >= 0.3 is 0 Å². The van der Waals surface area contributed by atoms with E-state index in [9.17, 15) is 0 Å². The second-order valence-corrected chi connectivity index (χ2v) is 6.05. The average molecular weight is 285 g/mol. The Balaban J connectivity index is 1.64. The molecule has 4 rings (SSSR count). The molecule has 0 bridgehead atoms. The van der Waals surface area contributed by atoms with E-state index in [0.29, 0.717) is 5.41 Å². The summed E-state index contributed by atoms with van der Waals surface area (Å²) in [5, 5.41) is 12.3. The SMILES string of the molecule is c1ccc(-n2nnnc2N2CCC[C@]3(CCOC3)C2)cc1. The Morgan fingerprint density at radius 2 is 2.05 bits per heavy atom. The molecule has 2 aromatic rings. The number of piperidine rings is 1. The summed E-state index contributed by atoms with van der Waals surface area (Å²) >= 11 is 0. The van der Waals surface area contributed by atoms with Gasteiger partial charge < -0.3 is 9.64 Å². The highest BCUT2D eigenvalue weighted by Gasteiger charge is 2.40. The molecule has 0 radical (unpaired) electrons. The minimum absolute atomic E-state index is 0.297. The van der Waals surface area contributed by atoms with Gasteiger partial charge in [0.05, 0.1) is 12.3 Å². The highest BCUT2D eigenvalue weighted by Crippen LogP contribution is 2.38. The molecule has 6 nitrogen and oxygen atoms in total. The van der Waals surface area contributed by atoms with Crippen molar-refractivity contribution >= 4 is 5.95 Å². The van der Waals surface area contributed by atoms with Crippen LogP contribution in [-0.4, -0.2) is 46.5 Å². The van der Waals surface area contributed by atoms with Gasteiger partial charge in [0, 0.05) is 25.1 Å². The van der Waals surface area contributed by atoms with E-state index in [1.54, 1.807) is 0 Å². The summed E-state index contributed by atoms with van der Waals surface area (Å²) in [4.78, 5) is 2.31. The van der Waals surface area contributed by atoms with E-state index < -0.39 is 0 Å². The highest BCUT2D eigenvalue weighted by molar-refractivity contribution is 5.41. The first-order chi connectivity index (χ1) is 10.4. The van der Waals surface area contributed by atoms with Crippen molar-refractivity contribution in [3.63, 3.8) is 0 Å². The normalized spacial score (nSPS) is 25.6. The Labute approximate surface area is 123 Å². The molecule has 2 saturated heterocycles. The standard InChI is InChI=1S/C15H19N5O/c1-2-5-13(6-3-1)20-14(16-17-18-20)19-9-4-7-15(11-19)8-10-21-12-15/h1-3,5-6H,4,7-12H2/t15-/m0/s1. The number of nitrogens with zero attached hydrogens (tertiary/aromatic N) is 5. The van der Waals surface area contributed by atoms with Gasteiger partial charge in [0.2, 0.25) is 5.95 Å². The maximum Gasteiger partial charge on any atom is 0.250 e. The third kappa shape index (κ3) is 2.29. The predicted octanol–water partition coefficient (Wildman–Crippen LogP) is 1.67. The van der Waals surface area contributed by atoms with E-state index in [2.05, 4.69) is 20.4 Å². The van der Waals surface area contributed by atoms with Crippen LogP contribution >= 0.6 is 0 Å². The number of benzene rings is 1. The molecule has 21 heavy (non-hydrogen) atoms. The van der Waals surface area contributed by atoms with Crippen LogP contribution in [0.1, 0.15) is 19.3 Å². The van der Waals surface area contributed by atoms with Crippen LogP contribution in [0.25, 0.3) is 5.69 Å². The molecule has 2 aliphatic rings. The van der Waals surface area contributed by atoms with Crippen LogP contribution in [0.4, 0.5) is 5.95 Å². The molecule has 2 aliphatic heterocycles. The number of hydrogen-bond acceptors (Lipinski definition) is 5. The topological polar surface area (TPSA) is 56.1 Å². The quantitative estimate of drug-likeness (QED) is 0.840. The predicted molar refractivity (Wildman–Crippen MR) is 78.5 cm³/mol. The van der Waals surface area contributed by atoms with Gasteiger partial charge in [-0.15, -0.1) is 0 Å². The van der Waals surface area contributed by atoms with Crippen molar-refractivity contribution in [3.8, 4) is 5.69 Å². The Bertz CT molecular complexity index is 606. The first kappa shape index (κ1) is 12.8. The lowest BCUT2D eigenvalue weighted by atomic mass is 9.79. The van der Waals surface area contributed by atoms with Crippen LogP contribution in [0.15, 0.2) is 30.3 Å². The fourth-order valence-corrected chi connectivity index (χ4v) is 3.47. The minimum atomic E-state index is 0.297. The van der Waals surface area contributed by atoms with Gasteiger partial charge in [-0.3, -0.25) is 0 Å². The van der Waals surface area contributed by atoms with Crippen LogP contribution in [-0.2, 0) is 4.74 Å². The fourth-order valence-electron chi connectivity index (χ4n) is 3.47. The monoisotopic (exact) mass is 285 g/mol. The van der Waals surface area contributed by atoms with Crippen molar-refractivity contribution in [2.45, 2.75) is 19.3 Å². The van der Waals surface area contributed by atoms with Crippen molar-refractivity contribution in [2.24, 2.45) is 5.41 Å². The number of anilines is 1. The molecule has 1 atom stereocenters. The largest absolute Gasteiger partial charge is 0.381 e. The van der Waals surface area contributed by atoms with Gasteiger partial charge in [-0.1, -0.05) is 23.3 Å². The summed E-state index contributed by atoms with van der Waals surface area (Å²) in [6.07, 6.45) is 3.57. The Morgan fingerprint density at radius 3 is 2.86 bits per heavy atom. The maximum atomic E-state index is 5.63. The van der Waals surface area contributed by atoms with E-state index in [1.807, 2.05) is 35.0 Å². The van der Waals surface area contributed by atoms with E-state index >= 15 is 0 Å². The van der Waals surface area contributed by atoms with Crippen LogP contribution in [0.2, 0.25) is 0 Å². The number of aromatic nitrogens is 4. The molecular weight excluding hydrogens is 266 g/mol. The molecule has 0 amide bonds. The van der Waals surface area contributed by atoms with E-state index in [4.69, 9.17) is 4.74 Å². The molecule has 1 spiro atoms. The van der Waals surface area contributed by atoms with E-state index in [-0.39, 0.29) is 0 Å². The zero-order chi connectivity index (χ0) is 14.1. The van der Waals surface area contributed by atoms with Crippen molar-refractivity contribution in [1.82, 2.24) is 20.2 Å². The van der Waals surface area contributed by atoms with Crippen molar-refractivity contribution in [2.75, 3.05) is 31.2 Å². The van der Waals surface area contributed by atoms with Gasteiger partial charge in [0.25, 0.3) is 0 Å². The first-order valence-corrected chi connectivity index (χ1v) is 7.53. The van der Waals surface area contributed by atoms with Gasteiger partial charge in [0.15, 0.2) is 0 Å². The number of rotatable bonds is 2. The van der Waals surface area contributed by atoms with Crippen LogP contribution in [0, 0.1) is 5.41 Å². The molecule has 0 unspecified atom stereocenters. The molecular formula is C15H19N5O. The third-order valence-electron chi connectivity index (χ3n) is 4.58. The average Bonchev–Trinajstić information content (AvgIpc) is 3.18. The smallest absolute Gasteiger partial charge is 0.250 e. The Kier molecular flexibility index (Phi) is 3.11. The van der Waals surface area contributed by atoms with Crippen LogP contribution in [0.3, 0.4) is 0 Å². The Morgan fingerprint density at radius 1 is 1.14 bits per heavy atom. The molecule has 0 N–H and O–H groups in total. The maximum absolute atomic E-state index is 5.63. The highest BCUT2D eigenvalue weighted by atomic mass is 16.5. The van der Waals surface area contributed by atoms with Crippen molar-refractivity contribution in [1.29, 1.82) is 0 Å². The molecule has 2 fully saturated rings. The summed E-state index contributed by atoms with van der Waals surface area (Å²) < 4.78 is 7.46. The van der Waals surface area contributed by atoms with Crippen LogP contribution in [0.5, 0.6) is 0 Å². The van der Waals surface area contributed by atoms with Gasteiger partial charge in [-0.05, 0) is 41.8 Å².